The Bertz CT molecular complexity index is 140. The van der Waals surface area contributed by atoms with Crippen LogP contribution in [-0.2, 0) is 0 Å². The smallest absolute Gasteiger partial charge is 0.0526 e. The van der Waals surface area contributed by atoms with Crippen LogP contribution in [0.15, 0.2) is 0 Å². The fourth-order valence-electron chi connectivity index (χ4n) is 1.49. The molecule has 0 aliphatic carbocycles. The van der Waals surface area contributed by atoms with E-state index in [-0.39, 0.29) is 12.1 Å². The van der Waals surface area contributed by atoms with Gasteiger partial charge in [-0.05, 0) is 59.9 Å². The average Bonchev–Trinajstić information content (AvgIpc) is 2.09. The van der Waals surface area contributed by atoms with Crippen molar-refractivity contribution in [2.45, 2.75) is 38.3 Å². The second-order valence-electron chi connectivity index (χ2n) is 4.54. The predicted octanol–water partition coefficient (Wildman–Crippen LogP) is 0.0160. The first-order chi connectivity index (χ1) is 7.02. The van der Waals surface area contributed by atoms with Crippen molar-refractivity contribution in [3.63, 3.8) is 0 Å². The second kappa shape index (κ2) is 9.09. The van der Waals surface area contributed by atoms with Crippen LogP contribution in [0.2, 0.25) is 0 Å². The lowest BCUT2D eigenvalue weighted by Crippen LogP contribution is -2.30. The maximum atomic E-state index is 9.12. The summed E-state index contributed by atoms with van der Waals surface area (Å²) in [4.78, 5) is 2.18. The third-order valence-electron chi connectivity index (χ3n) is 2.29. The summed E-state index contributed by atoms with van der Waals surface area (Å²) in [6.45, 7) is 4.89. The number of aliphatic hydroxyl groups is 1. The van der Waals surface area contributed by atoms with Gasteiger partial charge >= 0.3 is 0 Å². The molecule has 0 aliphatic heterocycles. The van der Waals surface area contributed by atoms with E-state index in [4.69, 9.17) is 10.8 Å². The van der Waals surface area contributed by atoms with Gasteiger partial charge in [-0.25, -0.2) is 0 Å². The van der Waals surface area contributed by atoms with Gasteiger partial charge in [0.1, 0.15) is 0 Å². The number of rotatable bonds is 9. The topological polar surface area (TPSA) is 61.5 Å². The maximum Gasteiger partial charge on any atom is 0.0526 e. The highest BCUT2D eigenvalue weighted by atomic mass is 16.3. The van der Waals surface area contributed by atoms with Crippen molar-refractivity contribution in [1.29, 1.82) is 0 Å². The molecule has 0 aromatic carbocycles. The number of nitrogens with two attached hydrogens (primary N) is 1. The van der Waals surface area contributed by atoms with Crippen molar-refractivity contribution in [2.24, 2.45) is 5.73 Å². The van der Waals surface area contributed by atoms with E-state index >= 15 is 0 Å². The summed E-state index contributed by atoms with van der Waals surface area (Å²) >= 11 is 0. The molecule has 4 heteroatoms. The Morgan fingerprint density at radius 3 is 2.53 bits per heavy atom. The Hall–Kier alpha value is -0.160. The van der Waals surface area contributed by atoms with E-state index in [1.807, 2.05) is 0 Å². The molecule has 0 heterocycles. The molecule has 2 atom stereocenters. The van der Waals surface area contributed by atoms with Gasteiger partial charge < -0.3 is 21.1 Å². The Balaban J connectivity index is 3.16. The normalized spacial score (nSPS) is 15.6. The lowest BCUT2D eigenvalue weighted by Gasteiger charge is -2.14. The molecule has 4 nitrogen and oxygen atoms in total. The molecule has 0 aromatic rings. The van der Waals surface area contributed by atoms with E-state index in [0.29, 0.717) is 6.42 Å². The van der Waals surface area contributed by atoms with Crippen LogP contribution in [0.3, 0.4) is 0 Å². The van der Waals surface area contributed by atoms with Crippen molar-refractivity contribution in [2.75, 3.05) is 33.7 Å². The summed E-state index contributed by atoms with van der Waals surface area (Å²) in [6, 6.07) is 0.117. The van der Waals surface area contributed by atoms with Crippen LogP contribution in [0, 0.1) is 0 Å². The molecule has 4 N–H and O–H groups in total. The Morgan fingerprint density at radius 1 is 1.33 bits per heavy atom. The predicted molar refractivity (Wildman–Crippen MR) is 64.9 cm³/mol. The first kappa shape index (κ1) is 14.8. The lowest BCUT2D eigenvalue weighted by molar-refractivity contribution is 0.173. The average molecular weight is 217 g/mol. The summed E-state index contributed by atoms with van der Waals surface area (Å²) in [5.41, 5.74) is 5.83. The van der Waals surface area contributed by atoms with Crippen molar-refractivity contribution in [3.05, 3.63) is 0 Å². The molecule has 0 saturated heterocycles. The molecule has 0 saturated carbocycles. The van der Waals surface area contributed by atoms with E-state index < -0.39 is 0 Å². The third kappa shape index (κ3) is 11.8. The fourth-order valence-corrected chi connectivity index (χ4v) is 1.49. The molecule has 92 valence electrons. The molecule has 2 unspecified atom stereocenters. The van der Waals surface area contributed by atoms with Gasteiger partial charge in [0.15, 0.2) is 0 Å². The zero-order valence-corrected chi connectivity index (χ0v) is 10.4. The first-order valence-corrected chi connectivity index (χ1v) is 5.81. The molecule has 0 bridgehead atoms. The molecule has 0 rings (SSSR count). The Morgan fingerprint density at radius 2 is 2.00 bits per heavy atom. The first-order valence-electron chi connectivity index (χ1n) is 5.81. The van der Waals surface area contributed by atoms with Gasteiger partial charge in [0.25, 0.3) is 0 Å². The summed E-state index contributed by atoms with van der Waals surface area (Å²) < 4.78 is 0. The highest BCUT2D eigenvalue weighted by molar-refractivity contribution is 4.66. The van der Waals surface area contributed by atoms with Gasteiger partial charge in [-0.15, -0.1) is 0 Å². The molecule has 0 amide bonds. The highest BCUT2D eigenvalue weighted by Gasteiger charge is 2.05. The maximum absolute atomic E-state index is 9.12. The summed E-state index contributed by atoms with van der Waals surface area (Å²) in [7, 11) is 4.16. The van der Waals surface area contributed by atoms with Crippen LogP contribution in [0.1, 0.15) is 26.2 Å². The minimum atomic E-state index is -0.284. The van der Waals surface area contributed by atoms with Crippen LogP contribution in [0.4, 0.5) is 0 Å². The van der Waals surface area contributed by atoms with E-state index in [1.54, 1.807) is 6.92 Å². The van der Waals surface area contributed by atoms with Crippen LogP contribution in [0.5, 0.6) is 0 Å². The molecule has 0 aromatic heterocycles. The molecule has 0 aliphatic rings. The number of aliphatic hydroxyl groups excluding tert-OH is 1. The van der Waals surface area contributed by atoms with Crippen LogP contribution in [0.25, 0.3) is 0 Å². The van der Waals surface area contributed by atoms with E-state index in [1.165, 1.54) is 6.42 Å². The van der Waals surface area contributed by atoms with E-state index in [9.17, 15) is 0 Å². The van der Waals surface area contributed by atoms with Crippen molar-refractivity contribution in [3.8, 4) is 0 Å². The lowest BCUT2D eigenvalue weighted by atomic mass is 10.1. The number of hydrogen-bond donors (Lipinski definition) is 3. The van der Waals surface area contributed by atoms with Crippen LogP contribution in [-0.4, -0.2) is 55.9 Å². The molecule has 0 radical (unpaired) electrons. The fraction of sp³-hybridized carbons (Fsp3) is 1.00. The zero-order valence-electron chi connectivity index (χ0n) is 10.4. The number of nitrogens with one attached hydrogen (secondary N) is 1. The van der Waals surface area contributed by atoms with Gasteiger partial charge in [-0.1, -0.05) is 0 Å². The minimum Gasteiger partial charge on any atom is -0.393 e. The number of nitrogens with zero attached hydrogens (tertiary/aromatic N) is 1. The quantitative estimate of drug-likeness (QED) is 0.476. The van der Waals surface area contributed by atoms with Gasteiger partial charge in [0.05, 0.1) is 6.10 Å². The SMILES string of the molecule is CC(O)CC(N)CCNCCCN(C)C. The Kier molecular flexibility index (Phi) is 9.00. The van der Waals surface area contributed by atoms with Gasteiger partial charge in [-0.2, -0.15) is 0 Å². The van der Waals surface area contributed by atoms with Gasteiger partial charge in [0.2, 0.25) is 0 Å². The van der Waals surface area contributed by atoms with Crippen molar-refractivity contribution >= 4 is 0 Å². The molecule has 0 spiro atoms. The molecular formula is C11H27N3O. The highest BCUT2D eigenvalue weighted by Crippen LogP contribution is 1.98. The largest absolute Gasteiger partial charge is 0.393 e. The standard InChI is InChI=1S/C11H27N3O/c1-10(15)9-11(12)5-7-13-6-4-8-14(2)3/h10-11,13,15H,4-9,12H2,1-3H3. The monoisotopic (exact) mass is 217 g/mol. The van der Waals surface area contributed by atoms with Crippen LogP contribution >= 0.6 is 0 Å². The van der Waals surface area contributed by atoms with E-state index in [2.05, 4.69) is 24.3 Å². The molecule has 15 heavy (non-hydrogen) atoms. The zero-order chi connectivity index (χ0) is 11.7. The second-order valence-corrected chi connectivity index (χ2v) is 4.54. The summed E-state index contributed by atoms with van der Waals surface area (Å²) in [5.74, 6) is 0. The Labute approximate surface area is 93.8 Å². The third-order valence-corrected chi connectivity index (χ3v) is 2.29. The van der Waals surface area contributed by atoms with Gasteiger partial charge in [-0.3, -0.25) is 0 Å². The van der Waals surface area contributed by atoms with E-state index in [0.717, 1.165) is 26.1 Å². The van der Waals surface area contributed by atoms with Gasteiger partial charge in [0, 0.05) is 6.04 Å². The van der Waals surface area contributed by atoms with Crippen molar-refractivity contribution < 1.29 is 5.11 Å². The minimum absolute atomic E-state index is 0.117. The summed E-state index contributed by atoms with van der Waals surface area (Å²) in [5, 5.41) is 12.5. The van der Waals surface area contributed by atoms with Crippen LogP contribution < -0.4 is 11.1 Å². The molecule has 0 fully saturated rings. The summed E-state index contributed by atoms with van der Waals surface area (Å²) in [6.07, 6.45) is 2.51. The number of hydrogen-bond acceptors (Lipinski definition) is 4. The van der Waals surface area contributed by atoms with Crippen molar-refractivity contribution in [1.82, 2.24) is 10.2 Å². The molecular weight excluding hydrogens is 190 g/mol.